The summed E-state index contributed by atoms with van der Waals surface area (Å²) in [6.45, 7) is 1.84. The van der Waals surface area contributed by atoms with E-state index in [1.54, 1.807) is 12.1 Å². The summed E-state index contributed by atoms with van der Waals surface area (Å²) in [4.78, 5) is 12.6. The maximum Gasteiger partial charge on any atom is 0.264 e. The van der Waals surface area contributed by atoms with Crippen LogP contribution in [0.4, 0.5) is 15.8 Å². The van der Waals surface area contributed by atoms with Crippen molar-refractivity contribution in [1.29, 1.82) is 0 Å². The Morgan fingerprint density at radius 1 is 1.10 bits per heavy atom. The minimum absolute atomic E-state index is 0.00437. The number of rotatable bonds is 4. The van der Waals surface area contributed by atoms with Crippen LogP contribution in [-0.4, -0.2) is 20.4 Å². The first-order valence-electron chi connectivity index (χ1n) is 9.26. The van der Waals surface area contributed by atoms with Gasteiger partial charge in [0.15, 0.2) is 0 Å². The molecule has 3 aromatic carbocycles. The summed E-state index contributed by atoms with van der Waals surface area (Å²) in [6.07, 6.45) is 0.616. The average molecular weight is 445 g/mol. The third-order valence-electron chi connectivity index (χ3n) is 4.98. The van der Waals surface area contributed by atoms with Gasteiger partial charge in [-0.2, -0.15) is 0 Å². The zero-order valence-corrected chi connectivity index (χ0v) is 17.5. The number of amides is 1. The summed E-state index contributed by atoms with van der Waals surface area (Å²) in [5.41, 5.74) is 1.66. The standard InChI is InChI=1S/C22H18ClFN2O3S/c1-14-11-15-5-2-3-8-21(15)26(14)30(28,29)18-7-4-6-16(12-18)22(27)25-20-10-9-17(23)13-19(20)24/h2-10,12-14H,11H2,1H3,(H,25,27). The van der Waals surface area contributed by atoms with Crippen LogP contribution in [0, 0.1) is 5.82 Å². The molecule has 4 rings (SSSR count). The van der Waals surface area contributed by atoms with Gasteiger partial charge in [0, 0.05) is 16.6 Å². The van der Waals surface area contributed by atoms with E-state index in [-0.39, 0.29) is 27.2 Å². The number of benzene rings is 3. The maximum atomic E-state index is 14.0. The Labute approximate surface area is 179 Å². The highest BCUT2D eigenvalue weighted by atomic mass is 35.5. The van der Waals surface area contributed by atoms with E-state index in [0.29, 0.717) is 12.1 Å². The third kappa shape index (κ3) is 3.66. The highest BCUT2D eigenvalue weighted by Gasteiger charge is 2.36. The number of nitrogens with zero attached hydrogens (tertiary/aromatic N) is 1. The molecule has 8 heteroatoms. The van der Waals surface area contributed by atoms with Crippen molar-refractivity contribution in [2.45, 2.75) is 24.3 Å². The number of para-hydroxylation sites is 1. The lowest BCUT2D eigenvalue weighted by Crippen LogP contribution is -2.35. The van der Waals surface area contributed by atoms with Crippen molar-refractivity contribution >= 4 is 38.9 Å². The molecule has 0 aliphatic carbocycles. The van der Waals surface area contributed by atoms with E-state index in [1.165, 1.54) is 40.7 Å². The smallest absolute Gasteiger partial charge is 0.264 e. The van der Waals surface area contributed by atoms with E-state index in [1.807, 2.05) is 19.1 Å². The molecule has 1 amide bonds. The van der Waals surface area contributed by atoms with E-state index < -0.39 is 21.7 Å². The van der Waals surface area contributed by atoms with Gasteiger partial charge in [0.25, 0.3) is 15.9 Å². The van der Waals surface area contributed by atoms with Gasteiger partial charge in [-0.3, -0.25) is 9.10 Å². The van der Waals surface area contributed by atoms with Gasteiger partial charge in [0.1, 0.15) is 5.82 Å². The number of carbonyl (C=O) groups is 1. The Bertz CT molecular complexity index is 1250. The van der Waals surface area contributed by atoms with Crippen LogP contribution in [0.2, 0.25) is 5.02 Å². The molecule has 1 aliphatic heterocycles. The molecule has 1 aliphatic rings. The highest BCUT2D eigenvalue weighted by molar-refractivity contribution is 7.92. The first kappa shape index (κ1) is 20.4. The summed E-state index contributed by atoms with van der Waals surface area (Å²) in [5, 5.41) is 2.65. The fourth-order valence-corrected chi connectivity index (χ4v) is 5.50. The second-order valence-corrected chi connectivity index (χ2v) is 9.34. The van der Waals surface area contributed by atoms with Crippen LogP contribution in [0.5, 0.6) is 0 Å². The number of nitrogens with one attached hydrogen (secondary N) is 1. The van der Waals surface area contributed by atoms with Crippen molar-refractivity contribution in [1.82, 2.24) is 0 Å². The van der Waals surface area contributed by atoms with E-state index >= 15 is 0 Å². The molecule has 5 nitrogen and oxygen atoms in total. The monoisotopic (exact) mass is 444 g/mol. The molecule has 0 saturated carbocycles. The van der Waals surface area contributed by atoms with E-state index in [0.717, 1.165) is 11.6 Å². The molecule has 0 spiro atoms. The Kier molecular flexibility index (Phi) is 5.26. The number of halogens is 2. The fourth-order valence-electron chi connectivity index (χ4n) is 3.60. The molecular formula is C22H18ClFN2O3S. The molecule has 1 N–H and O–H groups in total. The van der Waals surface area contributed by atoms with E-state index in [2.05, 4.69) is 5.32 Å². The molecule has 30 heavy (non-hydrogen) atoms. The number of fused-ring (bicyclic) bond motifs is 1. The number of sulfonamides is 1. The molecule has 0 bridgehead atoms. The third-order valence-corrected chi connectivity index (χ3v) is 7.14. The second kappa shape index (κ2) is 7.74. The van der Waals surface area contributed by atoms with Crippen molar-refractivity contribution in [3.63, 3.8) is 0 Å². The minimum Gasteiger partial charge on any atom is -0.319 e. The van der Waals surface area contributed by atoms with Gasteiger partial charge in [-0.05, 0) is 61.4 Å². The maximum absolute atomic E-state index is 14.0. The molecule has 3 aromatic rings. The van der Waals surface area contributed by atoms with Gasteiger partial charge in [-0.25, -0.2) is 12.8 Å². The van der Waals surface area contributed by atoms with E-state index in [9.17, 15) is 17.6 Å². The Morgan fingerprint density at radius 2 is 1.87 bits per heavy atom. The minimum atomic E-state index is -3.88. The van der Waals surface area contributed by atoms with Crippen LogP contribution < -0.4 is 9.62 Å². The first-order chi connectivity index (χ1) is 14.3. The SMILES string of the molecule is CC1Cc2ccccc2N1S(=O)(=O)c1cccc(C(=O)Nc2ccc(Cl)cc2F)c1. The van der Waals surface area contributed by atoms with Gasteiger partial charge in [0.05, 0.1) is 16.3 Å². The average Bonchev–Trinajstić information content (AvgIpc) is 3.06. The lowest BCUT2D eigenvalue weighted by molar-refractivity contribution is 0.102. The summed E-state index contributed by atoms with van der Waals surface area (Å²) >= 11 is 5.73. The molecule has 0 aromatic heterocycles. The largest absolute Gasteiger partial charge is 0.319 e. The molecule has 0 fully saturated rings. The Hall–Kier alpha value is -2.90. The zero-order valence-electron chi connectivity index (χ0n) is 16.0. The van der Waals surface area contributed by atoms with Crippen LogP contribution in [0.1, 0.15) is 22.8 Å². The summed E-state index contributed by atoms with van der Waals surface area (Å²) in [7, 11) is -3.88. The number of hydrogen-bond donors (Lipinski definition) is 1. The number of carbonyl (C=O) groups excluding carboxylic acids is 1. The van der Waals surface area contributed by atoms with Crippen LogP contribution in [0.25, 0.3) is 0 Å². The van der Waals surface area contributed by atoms with Crippen molar-refractivity contribution in [2.75, 3.05) is 9.62 Å². The number of hydrogen-bond acceptors (Lipinski definition) is 3. The zero-order chi connectivity index (χ0) is 21.5. The highest BCUT2D eigenvalue weighted by Crippen LogP contribution is 2.36. The molecule has 1 unspecified atom stereocenters. The predicted octanol–water partition coefficient (Wildman–Crippen LogP) is 4.87. The van der Waals surface area contributed by atoms with Gasteiger partial charge in [-0.1, -0.05) is 35.9 Å². The van der Waals surface area contributed by atoms with Gasteiger partial charge in [0.2, 0.25) is 0 Å². The van der Waals surface area contributed by atoms with E-state index in [4.69, 9.17) is 11.6 Å². The molecular weight excluding hydrogens is 427 g/mol. The second-order valence-electron chi connectivity index (χ2n) is 7.09. The molecule has 154 valence electrons. The van der Waals surface area contributed by atoms with Gasteiger partial charge in [-0.15, -0.1) is 0 Å². The lowest BCUT2D eigenvalue weighted by Gasteiger charge is -2.24. The first-order valence-corrected chi connectivity index (χ1v) is 11.1. The predicted molar refractivity (Wildman–Crippen MR) is 115 cm³/mol. The Balaban J connectivity index is 1.65. The fraction of sp³-hybridized carbons (Fsp3) is 0.136. The molecule has 0 saturated heterocycles. The topological polar surface area (TPSA) is 66.5 Å². The number of anilines is 2. The van der Waals surface area contributed by atoms with Crippen molar-refractivity contribution in [3.05, 3.63) is 88.7 Å². The lowest BCUT2D eigenvalue weighted by atomic mass is 10.1. The Morgan fingerprint density at radius 3 is 2.63 bits per heavy atom. The summed E-state index contributed by atoms with van der Waals surface area (Å²) < 4.78 is 42.1. The molecule has 1 atom stereocenters. The van der Waals surface area contributed by atoms with Crippen molar-refractivity contribution in [2.24, 2.45) is 0 Å². The summed E-state index contributed by atoms with van der Waals surface area (Å²) in [6, 6.07) is 16.7. The van der Waals surface area contributed by atoms with Crippen LogP contribution in [0.15, 0.2) is 71.6 Å². The van der Waals surface area contributed by atoms with Crippen LogP contribution in [-0.2, 0) is 16.4 Å². The molecule has 0 radical (unpaired) electrons. The van der Waals surface area contributed by atoms with Crippen molar-refractivity contribution < 1.29 is 17.6 Å². The molecule has 1 heterocycles. The quantitative estimate of drug-likeness (QED) is 0.624. The van der Waals surface area contributed by atoms with Crippen molar-refractivity contribution in [3.8, 4) is 0 Å². The van der Waals surface area contributed by atoms with Gasteiger partial charge >= 0.3 is 0 Å². The summed E-state index contributed by atoms with van der Waals surface area (Å²) in [5.74, 6) is -1.30. The van der Waals surface area contributed by atoms with Gasteiger partial charge < -0.3 is 5.32 Å². The normalized spacial score (nSPS) is 15.7. The van der Waals surface area contributed by atoms with Crippen LogP contribution in [0.3, 0.4) is 0 Å². The van der Waals surface area contributed by atoms with Crippen LogP contribution >= 0.6 is 11.6 Å².